The van der Waals surface area contributed by atoms with Crippen LogP contribution in [0.2, 0.25) is 0 Å². The molecule has 1 saturated carbocycles. The lowest BCUT2D eigenvalue weighted by Crippen LogP contribution is -2.27. The highest BCUT2D eigenvalue weighted by molar-refractivity contribution is 5.78. The number of rotatable bonds is 6. The Hall–Kier alpha value is -0.790. The van der Waals surface area contributed by atoms with Crippen LogP contribution in [0, 0.1) is 11.8 Å². The topological polar surface area (TPSA) is 29.1 Å². The molecule has 1 aliphatic rings. The van der Waals surface area contributed by atoms with Crippen molar-refractivity contribution in [3.05, 3.63) is 12.2 Å². The van der Waals surface area contributed by atoms with Crippen molar-refractivity contribution in [1.29, 1.82) is 0 Å². The molecule has 1 rings (SSSR count). The van der Waals surface area contributed by atoms with E-state index >= 15 is 0 Å². The van der Waals surface area contributed by atoms with Crippen LogP contribution in [0.1, 0.15) is 39.0 Å². The van der Waals surface area contributed by atoms with Gasteiger partial charge in [-0.05, 0) is 32.1 Å². The SMILES string of the molecule is C=C(C)CC(CCC1CC1)C(=O)NC. The molecule has 2 nitrogen and oxygen atoms in total. The molecule has 1 amide bonds. The molecule has 1 atom stereocenters. The van der Waals surface area contributed by atoms with Crippen LogP contribution in [0.15, 0.2) is 12.2 Å². The van der Waals surface area contributed by atoms with E-state index in [1.165, 1.54) is 19.3 Å². The van der Waals surface area contributed by atoms with E-state index in [0.717, 1.165) is 24.3 Å². The van der Waals surface area contributed by atoms with Gasteiger partial charge in [0.15, 0.2) is 0 Å². The van der Waals surface area contributed by atoms with E-state index in [-0.39, 0.29) is 11.8 Å². The molecule has 2 heteroatoms. The van der Waals surface area contributed by atoms with Crippen molar-refractivity contribution in [2.45, 2.75) is 39.0 Å². The van der Waals surface area contributed by atoms with Gasteiger partial charge in [0, 0.05) is 13.0 Å². The molecule has 1 aliphatic carbocycles. The summed E-state index contributed by atoms with van der Waals surface area (Å²) in [6.45, 7) is 5.87. The number of nitrogens with one attached hydrogen (secondary N) is 1. The van der Waals surface area contributed by atoms with Crippen LogP contribution in [0.5, 0.6) is 0 Å². The minimum atomic E-state index is 0.151. The predicted octanol–water partition coefficient (Wildman–Crippen LogP) is 2.50. The van der Waals surface area contributed by atoms with Crippen LogP contribution in [-0.4, -0.2) is 13.0 Å². The van der Waals surface area contributed by atoms with Crippen LogP contribution < -0.4 is 5.32 Å². The maximum atomic E-state index is 11.5. The summed E-state index contributed by atoms with van der Waals surface area (Å²) in [4.78, 5) is 11.5. The summed E-state index contributed by atoms with van der Waals surface area (Å²) in [6.07, 6.45) is 5.82. The average Bonchev–Trinajstić information content (AvgIpc) is 2.93. The lowest BCUT2D eigenvalue weighted by molar-refractivity contribution is -0.124. The molecule has 0 aliphatic heterocycles. The first-order chi connectivity index (χ1) is 6.63. The molecule has 1 N–H and O–H groups in total. The molecular formula is C12H21NO. The zero-order valence-corrected chi connectivity index (χ0v) is 9.31. The van der Waals surface area contributed by atoms with Gasteiger partial charge >= 0.3 is 0 Å². The summed E-state index contributed by atoms with van der Waals surface area (Å²) in [5.41, 5.74) is 1.11. The van der Waals surface area contributed by atoms with Gasteiger partial charge in [0.1, 0.15) is 0 Å². The van der Waals surface area contributed by atoms with Gasteiger partial charge in [0.25, 0.3) is 0 Å². The van der Waals surface area contributed by atoms with Gasteiger partial charge in [-0.1, -0.05) is 18.4 Å². The number of amides is 1. The van der Waals surface area contributed by atoms with Crippen molar-refractivity contribution in [3.63, 3.8) is 0 Å². The number of allylic oxidation sites excluding steroid dienone is 1. The maximum Gasteiger partial charge on any atom is 0.223 e. The molecule has 14 heavy (non-hydrogen) atoms. The normalized spacial score (nSPS) is 17.6. The fourth-order valence-electron chi connectivity index (χ4n) is 1.79. The minimum absolute atomic E-state index is 0.151. The van der Waals surface area contributed by atoms with Gasteiger partial charge in [-0.25, -0.2) is 0 Å². The minimum Gasteiger partial charge on any atom is -0.359 e. The Kier molecular flexibility index (Phi) is 4.18. The van der Waals surface area contributed by atoms with Gasteiger partial charge in [-0.3, -0.25) is 4.79 Å². The highest BCUT2D eigenvalue weighted by atomic mass is 16.1. The first kappa shape index (κ1) is 11.3. The van der Waals surface area contributed by atoms with Gasteiger partial charge in [0.05, 0.1) is 0 Å². The molecule has 80 valence electrons. The second kappa shape index (κ2) is 5.18. The lowest BCUT2D eigenvalue weighted by Gasteiger charge is -2.14. The van der Waals surface area contributed by atoms with Crippen molar-refractivity contribution in [3.8, 4) is 0 Å². The van der Waals surface area contributed by atoms with Crippen molar-refractivity contribution < 1.29 is 4.79 Å². The van der Waals surface area contributed by atoms with Crippen LogP contribution in [-0.2, 0) is 4.79 Å². The van der Waals surface area contributed by atoms with E-state index in [1.807, 2.05) is 6.92 Å². The predicted molar refractivity (Wildman–Crippen MR) is 58.9 cm³/mol. The Morgan fingerprint density at radius 1 is 1.57 bits per heavy atom. The Morgan fingerprint density at radius 2 is 2.21 bits per heavy atom. The van der Waals surface area contributed by atoms with Crippen LogP contribution in [0.25, 0.3) is 0 Å². The van der Waals surface area contributed by atoms with E-state index in [4.69, 9.17) is 0 Å². The number of hydrogen-bond donors (Lipinski definition) is 1. The third kappa shape index (κ3) is 3.95. The fraction of sp³-hybridized carbons (Fsp3) is 0.750. The van der Waals surface area contributed by atoms with Crippen LogP contribution >= 0.6 is 0 Å². The van der Waals surface area contributed by atoms with E-state index in [9.17, 15) is 4.79 Å². The van der Waals surface area contributed by atoms with E-state index < -0.39 is 0 Å². The summed E-state index contributed by atoms with van der Waals surface area (Å²) < 4.78 is 0. The molecule has 0 aromatic rings. The third-order valence-electron chi connectivity index (χ3n) is 2.83. The first-order valence-corrected chi connectivity index (χ1v) is 5.49. The number of carbonyl (C=O) groups is 1. The molecule has 0 spiro atoms. The zero-order chi connectivity index (χ0) is 10.6. The smallest absolute Gasteiger partial charge is 0.223 e. The van der Waals surface area contributed by atoms with Crippen molar-refractivity contribution in [2.75, 3.05) is 7.05 Å². The number of hydrogen-bond acceptors (Lipinski definition) is 1. The first-order valence-electron chi connectivity index (χ1n) is 5.49. The summed E-state index contributed by atoms with van der Waals surface area (Å²) in [5, 5.41) is 2.73. The van der Waals surface area contributed by atoms with E-state index in [2.05, 4.69) is 11.9 Å². The molecular weight excluding hydrogens is 174 g/mol. The van der Waals surface area contributed by atoms with Crippen LogP contribution in [0.3, 0.4) is 0 Å². The standard InChI is InChI=1S/C12H21NO/c1-9(2)8-11(12(14)13-3)7-6-10-4-5-10/h10-11H,1,4-8H2,2-3H3,(H,13,14). The van der Waals surface area contributed by atoms with E-state index in [0.29, 0.717) is 0 Å². The second-order valence-corrected chi connectivity index (χ2v) is 4.49. The zero-order valence-electron chi connectivity index (χ0n) is 9.31. The quantitative estimate of drug-likeness (QED) is 0.648. The maximum absolute atomic E-state index is 11.5. The Balaban J connectivity index is 2.33. The monoisotopic (exact) mass is 195 g/mol. The van der Waals surface area contributed by atoms with Gasteiger partial charge in [-0.15, -0.1) is 6.58 Å². The number of carbonyl (C=O) groups excluding carboxylic acids is 1. The van der Waals surface area contributed by atoms with E-state index in [1.54, 1.807) is 7.05 Å². The Morgan fingerprint density at radius 3 is 2.64 bits per heavy atom. The molecule has 0 aromatic carbocycles. The average molecular weight is 195 g/mol. The summed E-state index contributed by atoms with van der Waals surface area (Å²) in [7, 11) is 1.71. The summed E-state index contributed by atoms with van der Waals surface area (Å²) in [6, 6.07) is 0. The lowest BCUT2D eigenvalue weighted by atomic mass is 9.94. The highest BCUT2D eigenvalue weighted by Gasteiger charge is 2.24. The molecule has 0 heterocycles. The van der Waals surface area contributed by atoms with Gasteiger partial charge in [0.2, 0.25) is 5.91 Å². The van der Waals surface area contributed by atoms with Gasteiger partial charge in [-0.2, -0.15) is 0 Å². The highest BCUT2D eigenvalue weighted by Crippen LogP contribution is 2.35. The van der Waals surface area contributed by atoms with Gasteiger partial charge < -0.3 is 5.32 Å². The van der Waals surface area contributed by atoms with Crippen LogP contribution in [0.4, 0.5) is 0 Å². The summed E-state index contributed by atoms with van der Waals surface area (Å²) in [5.74, 6) is 1.24. The summed E-state index contributed by atoms with van der Waals surface area (Å²) >= 11 is 0. The largest absolute Gasteiger partial charge is 0.359 e. The third-order valence-corrected chi connectivity index (χ3v) is 2.83. The second-order valence-electron chi connectivity index (χ2n) is 4.49. The van der Waals surface area contributed by atoms with Crippen molar-refractivity contribution >= 4 is 5.91 Å². The molecule has 0 aromatic heterocycles. The molecule has 0 bridgehead atoms. The fourth-order valence-corrected chi connectivity index (χ4v) is 1.79. The molecule has 1 unspecified atom stereocenters. The Bertz CT molecular complexity index is 218. The van der Waals surface area contributed by atoms with Crippen molar-refractivity contribution in [1.82, 2.24) is 5.32 Å². The van der Waals surface area contributed by atoms with Crippen molar-refractivity contribution in [2.24, 2.45) is 11.8 Å². The Labute approximate surface area is 86.8 Å². The molecule has 0 saturated heterocycles. The molecule has 1 fully saturated rings. The molecule has 0 radical (unpaired) electrons.